The summed E-state index contributed by atoms with van der Waals surface area (Å²) in [6.45, 7) is 2.36. The quantitative estimate of drug-likeness (QED) is 0.506. The minimum absolute atomic E-state index is 0.101. The van der Waals surface area contributed by atoms with Gasteiger partial charge in [-0.3, -0.25) is 4.57 Å². The average molecular weight is 421 g/mol. The fraction of sp³-hybridized carbons (Fsp3) is 0.222. The molecule has 0 radical (unpaired) electrons. The molecule has 30 heavy (non-hydrogen) atoms. The Kier molecular flexibility index (Phi) is 6.35. The number of amides is 2. The van der Waals surface area contributed by atoms with Gasteiger partial charge in [0.1, 0.15) is 23.8 Å². The normalized spacial score (nSPS) is 11.1. The van der Waals surface area contributed by atoms with E-state index < -0.39 is 18.1 Å². The zero-order chi connectivity index (χ0) is 21.6. The first-order valence-electron chi connectivity index (χ1n) is 8.78. The number of benzene rings is 1. The molecule has 2 aromatic heterocycles. The van der Waals surface area contributed by atoms with E-state index in [4.69, 9.17) is 0 Å². The van der Waals surface area contributed by atoms with Crippen molar-refractivity contribution >= 4 is 17.5 Å². The lowest BCUT2D eigenvalue weighted by atomic mass is 10.3. The number of aromatic nitrogens is 4. The summed E-state index contributed by atoms with van der Waals surface area (Å²) in [5, 5.41) is 7.89. The van der Waals surface area contributed by atoms with E-state index >= 15 is 0 Å². The summed E-state index contributed by atoms with van der Waals surface area (Å²) in [7, 11) is 0. The third-order valence-electron chi connectivity index (χ3n) is 3.80. The molecule has 0 atom stereocenters. The van der Waals surface area contributed by atoms with Gasteiger partial charge in [-0.05, 0) is 19.1 Å². The maximum Gasteiger partial charge on any atom is 0.573 e. The Morgan fingerprint density at radius 1 is 1.17 bits per heavy atom. The Morgan fingerprint density at radius 2 is 1.97 bits per heavy atom. The Bertz CT molecular complexity index is 1010. The highest BCUT2D eigenvalue weighted by molar-refractivity contribution is 5.90. The second-order valence-electron chi connectivity index (χ2n) is 5.96. The summed E-state index contributed by atoms with van der Waals surface area (Å²) < 4.78 is 43.0. The van der Waals surface area contributed by atoms with Gasteiger partial charge in [0.15, 0.2) is 5.75 Å². The van der Waals surface area contributed by atoms with Crippen LogP contribution in [-0.4, -0.2) is 45.0 Å². The van der Waals surface area contributed by atoms with Crippen LogP contribution in [0.3, 0.4) is 0 Å². The standard InChI is InChI=1S/C18H18F3N7O2/c1-12-22-8-9-28(12)16-10-15(25-11-26-16)23-6-7-24-17(29)27-13-4-2-3-5-14(13)30-18(19,20)21/h2-5,8-11H,6-7H2,1H3,(H,23,25,26)(H2,24,27,29). The van der Waals surface area contributed by atoms with E-state index in [-0.39, 0.29) is 12.2 Å². The summed E-state index contributed by atoms with van der Waals surface area (Å²) in [5.41, 5.74) is -0.101. The van der Waals surface area contributed by atoms with Crippen LogP contribution in [0.4, 0.5) is 29.5 Å². The van der Waals surface area contributed by atoms with Crippen molar-refractivity contribution in [2.45, 2.75) is 13.3 Å². The van der Waals surface area contributed by atoms with Crippen molar-refractivity contribution in [2.24, 2.45) is 0 Å². The molecule has 2 amide bonds. The molecular formula is C18H18F3N7O2. The van der Waals surface area contributed by atoms with Gasteiger partial charge in [-0.25, -0.2) is 19.7 Å². The number of hydrogen-bond acceptors (Lipinski definition) is 6. The van der Waals surface area contributed by atoms with Crippen LogP contribution in [0.1, 0.15) is 5.82 Å². The fourth-order valence-electron chi connectivity index (χ4n) is 2.51. The van der Waals surface area contributed by atoms with Gasteiger partial charge >= 0.3 is 12.4 Å². The minimum Gasteiger partial charge on any atom is -0.404 e. The largest absolute Gasteiger partial charge is 0.573 e. The number of para-hydroxylation sites is 2. The van der Waals surface area contributed by atoms with E-state index in [2.05, 4.69) is 35.6 Å². The highest BCUT2D eigenvalue weighted by Gasteiger charge is 2.32. The Morgan fingerprint density at radius 3 is 2.70 bits per heavy atom. The predicted octanol–water partition coefficient (Wildman–Crippen LogP) is 3.10. The molecule has 3 N–H and O–H groups in total. The van der Waals surface area contributed by atoms with Gasteiger partial charge in [0.05, 0.1) is 5.69 Å². The Labute approximate surface area is 169 Å². The second kappa shape index (κ2) is 9.11. The maximum atomic E-state index is 12.4. The van der Waals surface area contributed by atoms with Crippen molar-refractivity contribution in [3.05, 3.63) is 54.9 Å². The van der Waals surface area contributed by atoms with Gasteiger partial charge in [-0.2, -0.15) is 0 Å². The molecule has 0 saturated carbocycles. The van der Waals surface area contributed by atoms with Gasteiger partial charge in [-0.1, -0.05) is 12.1 Å². The molecule has 158 valence electrons. The number of rotatable bonds is 7. The lowest BCUT2D eigenvalue weighted by molar-refractivity contribution is -0.274. The number of carbonyl (C=O) groups is 1. The van der Waals surface area contributed by atoms with Crippen molar-refractivity contribution < 1.29 is 22.7 Å². The molecule has 2 heterocycles. The van der Waals surface area contributed by atoms with Crippen LogP contribution in [0, 0.1) is 6.92 Å². The second-order valence-corrected chi connectivity index (χ2v) is 5.96. The zero-order valence-electron chi connectivity index (χ0n) is 15.8. The van der Waals surface area contributed by atoms with E-state index in [1.165, 1.54) is 24.5 Å². The van der Waals surface area contributed by atoms with Gasteiger partial charge < -0.3 is 20.7 Å². The molecule has 0 aliphatic heterocycles. The van der Waals surface area contributed by atoms with E-state index in [0.29, 0.717) is 18.2 Å². The molecule has 1 aromatic carbocycles. The molecule has 3 aromatic rings. The average Bonchev–Trinajstić information content (AvgIpc) is 3.12. The number of aryl methyl sites for hydroxylation is 1. The topological polar surface area (TPSA) is 106 Å². The maximum absolute atomic E-state index is 12.4. The first-order valence-corrected chi connectivity index (χ1v) is 8.78. The van der Waals surface area contributed by atoms with E-state index in [9.17, 15) is 18.0 Å². The third-order valence-corrected chi connectivity index (χ3v) is 3.80. The number of halogens is 3. The molecule has 12 heteroatoms. The van der Waals surface area contributed by atoms with Crippen LogP contribution in [0.2, 0.25) is 0 Å². The molecule has 0 unspecified atom stereocenters. The number of alkyl halides is 3. The monoisotopic (exact) mass is 421 g/mol. The van der Waals surface area contributed by atoms with Gasteiger partial charge in [0, 0.05) is 31.5 Å². The summed E-state index contributed by atoms with van der Waals surface area (Å²) in [5.74, 6) is 1.45. The van der Waals surface area contributed by atoms with E-state index in [1.54, 1.807) is 23.0 Å². The summed E-state index contributed by atoms with van der Waals surface area (Å²) >= 11 is 0. The number of nitrogens with zero attached hydrogens (tertiary/aromatic N) is 4. The highest BCUT2D eigenvalue weighted by atomic mass is 19.4. The molecule has 9 nitrogen and oxygen atoms in total. The number of anilines is 2. The molecule has 0 aliphatic rings. The Balaban J connectivity index is 1.49. The van der Waals surface area contributed by atoms with Gasteiger partial charge in [-0.15, -0.1) is 13.2 Å². The van der Waals surface area contributed by atoms with Crippen molar-refractivity contribution in [2.75, 3.05) is 23.7 Å². The first-order chi connectivity index (χ1) is 14.3. The zero-order valence-corrected chi connectivity index (χ0v) is 15.8. The fourth-order valence-corrected chi connectivity index (χ4v) is 2.51. The molecule has 0 spiro atoms. The van der Waals surface area contributed by atoms with Crippen LogP contribution in [0.25, 0.3) is 5.82 Å². The van der Waals surface area contributed by atoms with Crippen LogP contribution in [0.5, 0.6) is 5.75 Å². The van der Waals surface area contributed by atoms with Crippen LogP contribution in [-0.2, 0) is 0 Å². The van der Waals surface area contributed by atoms with Crippen LogP contribution < -0.4 is 20.7 Å². The summed E-state index contributed by atoms with van der Waals surface area (Å²) in [6, 6.07) is 6.32. The molecule has 0 saturated heterocycles. The minimum atomic E-state index is -4.86. The van der Waals surface area contributed by atoms with Crippen LogP contribution in [0.15, 0.2) is 49.1 Å². The Hall–Kier alpha value is -3.83. The highest BCUT2D eigenvalue weighted by Crippen LogP contribution is 2.29. The number of imidazole rings is 1. The molecular weight excluding hydrogens is 403 g/mol. The number of ether oxygens (including phenoxy) is 1. The number of nitrogens with one attached hydrogen (secondary N) is 3. The third kappa shape index (κ3) is 5.83. The predicted molar refractivity (Wildman–Crippen MR) is 103 cm³/mol. The number of urea groups is 1. The van der Waals surface area contributed by atoms with Crippen molar-refractivity contribution in [3.8, 4) is 11.6 Å². The van der Waals surface area contributed by atoms with E-state index in [1.807, 2.05) is 6.92 Å². The summed E-state index contributed by atoms with van der Waals surface area (Å²) in [6.07, 6.45) is -0.0304. The molecule has 0 aliphatic carbocycles. The SMILES string of the molecule is Cc1nccn1-c1cc(NCCNC(=O)Nc2ccccc2OC(F)(F)F)ncn1. The van der Waals surface area contributed by atoms with Crippen molar-refractivity contribution in [3.63, 3.8) is 0 Å². The molecule has 3 rings (SSSR count). The number of hydrogen-bond donors (Lipinski definition) is 3. The van der Waals surface area contributed by atoms with Crippen molar-refractivity contribution in [1.82, 2.24) is 24.8 Å². The lowest BCUT2D eigenvalue weighted by Crippen LogP contribution is -2.33. The molecule has 0 bridgehead atoms. The van der Waals surface area contributed by atoms with Gasteiger partial charge in [0.25, 0.3) is 0 Å². The van der Waals surface area contributed by atoms with E-state index in [0.717, 1.165) is 11.9 Å². The smallest absolute Gasteiger partial charge is 0.404 e. The lowest BCUT2D eigenvalue weighted by Gasteiger charge is -2.14. The number of carbonyl (C=O) groups excluding carboxylic acids is 1. The summed E-state index contributed by atoms with van der Waals surface area (Å²) in [4.78, 5) is 24.4. The van der Waals surface area contributed by atoms with Crippen molar-refractivity contribution in [1.29, 1.82) is 0 Å². The van der Waals surface area contributed by atoms with Gasteiger partial charge in [0.2, 0.25) is 0 Å². The first kappa shape index (κ1) is 20.9. The van der Waals surface area contributed by atoms with Crippen LogP contribution >= 0.6 is 0 Å². The molecule has 0 fully saturated rings.